The molecular formula is C13H26N2O2. The van der Waals surface area contributed by atoms with E-state index in [1.165, 1.54) is 0 Å². The number of hydrogen-bond donors (Lipinski definition) is 0. The number of carbonyl (C=O) groups is 1. The van der Waals surface area contributed by atoms with Crippen molar-refractivity contribution in [2.24, 2.45) is 5.92 Å². The quantitative estimate of drug-likeness (QED) is 0.692. The number of Topliss-reactive ketones (excluding diaryl/α,β-unsaturated/α-hetero) is 1. The SMILES string of the molecule is CCN(CC1COCCC1=O)C(C)CN(C)C. The molecule has 0 aliphatic carbocycles. The lowest BCUT2D eigenvalue weighted by Crippen LogP contribution is -2.45. The Balaban J connectivity index is 2.47. The molecule has 0 aromatic carbocycles. The fraction of sp³-hybridized carbons (Fsp3) is 0.923. The van der Waals surface area contributed by atoms with Gasteiger partial charge in [0.05, 0.1) is 19.1 Å². The number of likely N-dealkylation sites (N-methyl/N-ethyl adjacent to an activating group) is 2. The van der Waals surface area contributed by atoms with Crippen LogP contribution in [0.2, 0.25) is 0 Å². The summed E-state index contributed by atoms with van der Waals surface area (Å²) in [5, 5.41) is 0. The minimum atomic E-state index is 0.0771. The highest BCUT2D eigenvalue weighted by atomic mass is 16.5. The summed E-state index contributed by atoms with van der Waals surface area (Å²) in [6.07, 6.45) is 0.588. The molecule has 0 aromatic rings. The number of ketones is 1. The topological polar surface area (TPSA) is 32.8 Å². The van der Waals surface area contributed by atoms with Crippen molar-refractivity contribution in [2.45, 2.75) is 26.3 Å². The molecule has 1 fully saturated rings. The van der Waals surface area contributed by atoms with Gasteiger partial charge in [-0.2, -0.15) is 0 Å². The Morgan fingerprint density at radius 1 is 1.47 bits per heavy atom. The molecule has 0 radical (unpaired) electrons. The van der Waals surface area contributed by atoms with E-state index >= 15 is 0 Å². The van der Waals surface area contributed by atoms with Crippen LogP contribution in [0.5, 0.6) is 0 Å². The summed E-state index contributed by atoms with van der Waals surface area (Å²) < 4.78 is 5.40. The smallest absolute Gasteiger partial charge is 0.141 e. The Kier molecular flexibility index (Phi) is 6.09. The van der Waals surface area contributed by atoms with Crippen molar-refractivity contribution in [1.29, 1.82) is 0 Å². The first-order chi connectivity index (χ1) is 8.04. The lowest BCUT2D eigenvalue weighted by molar-refractivity contribution is -0.131. The molecule has 0 bridgehead atoms. The molecular weight excluding hydrogens is 216 g/mol. The monoisotopic (exact) mass is 242 g/mol. The van der Waals surface area contributed by atoms with Crippen LogP contribution in [0.15, 0.2) is 0 Å². The van der Waals surface area contributed by atoms with Crippen LogP contribution in [0.1, 0.15) is 20.3 Å². The second-order valence-corrected chi connectivity index (χ2v) is 5.19. The van der Waals surface area contributed by atoms with Gasteiger partial charge in [0.15, 0.2) is 0 Å². The average molecular weight is 242 g/mol. The van der Waals surface area contributed by atoms with E-state index in [-0.39, 0.29) is 5.92 Å². The van der Waals surface area contributed by atoms with Crippen LogP contribution in [-0.4, -0.2) is 68.6 Å². The van der Waals surface area contributed by atoms with Gasteiger partial charge in [-0.15, -0.1) is 0 Å². The lowest BCUT2D eigenvalue weighted by Gasteiger charge is -2.33. The van der Waals surface area contributed by atoms with Gasteiger partial charge < -0.3 is 9.64 Å². The van der Waals surface area contributed by atoms with E-state index in [0.717, 1.165) is 19.6 Å². The molecule has 2 atom stereocenters. The zero-order chi connectivity index (χ0) is 12.8. The molecule has 0 saturated carbocycles. The number of rotatable bonds is 6. The molecule has 4 heteroatoms. The average Bonchev–Trinajstić information content (AvgIpc) is 2.27. The third kappa shape index (κ3) is 4.74. The van der Waals surface area contributed by atoms with Crippen molar-refractivity contribution in [3.63, 3.8) is 0 Å². The van der Waals surface area contributed by atoms with E-state index in [2.05, 4.69) is 37.7 Å². The van der Waals surface area contributed by atoms with Gasteiger partial charge in [-0.1, -0.05) is 6.92 Å². The Hall–Kier alpha value is -0.450. The Bertz CT molecular complexity index is 244. The first-order valence-corrected chi connectivity index (χ1v) is 6.53. The number of hydrogen-bond acceptors (Lipinski definition) is 4. The third-order valence-corrected chi connectivity index (χ3v) is 3.38. The van der Waals surface area contributed by atoms with Crippen LogP contribution >= 0.6 is 0 Å². The zero-order valence-electron chi connectivity index (χ0n) is 11.6. The Morgan fingerprint density at radius 2 is 2.18 bits per heavy atom. The molecule has 2 unspecified atom stereocenters. The van der Waals surface area contributed by atoms with Crippen LogP contribution in [0.25, 0.3) is 0 Å². The van der Waals surface area contributed by atoms with Gasteiger partial charge in [-0.05, 0) is 27.6 Å². The van der Waals surface area contributed by atoms with E-state index in [9.17, 15) is 4.79 Å². The second kappa shape index (κ2) is 7.09. The summed E-state index contributed by atoms with van der Waals surface area (Å²) in [5.74, 6) is 0.445. The van der Waals surface area contributed by atoms with Crippen LogP contribution in [0, 0.1) is 5.92 Å². The summed E-state index contributed by atoms with van der Waals surface area (Å²) in [5.41, 5.74) is 0. The van der Waals surface area contributed by atoms with Crippen molar-refractivity contribution < 1.29 is 9.53 Å². The van der Waals surface area contributed by atoms with Crippen molar-refractivity contribution >= 4 is 5.78 Å². The van der Waals surface area contributed by atoms with Crippen LogP contribution in [-0.2, 0) is 9.53 Å². The number of carbonyl (C=O) groups excluding carboxylic acids is 1. The van der Waals surface area contributed by atoms with Gasteiger partial charge >= 0.3 is 0 Å². The minimum Gasteiger partial charge on any atom is -0.380 e. The molecule has 0 aromatic heterocycles. The summed E-state index contributed by atoms with van der Waals surface area (Å²) in [7, 11) is 4.17. The predicted octanol–water partition coefficient (Wildman–Crippen LogP) is 0.864. The summed E-state index contributed by atoms with van der Waals surface area (Å²) in [6, 6.07) is 0.477. The van der Waals surface area contributed by atoms with Gasteiger partial charge in [0.2, 0.25) is 0 Å². The third-order valence-electron chi connectivity index (χ3n) is 3.38. The highest BCUT2D eigenvalue weighted by Gasteiger charge is 2.26. The fourth-order valence-corrected chi connectivity index (χ4v) is 2.40. The van der Waals surface area contributed by atoms with Crippen LogP contribution in [0.3, 0.4) is 0 Å². The molecule has 1 saturated heterocycles. The van der Waals surface area contributed by atoms with Gasteiger partial charge in [0, 0.05) is 25.6 Å². The van der Waals surface area contributed by atoms with E-state index in [0.29, 0.717) is 31.5 Å². The molecule has 1 rings (SSSR count). The van der Waals surface area contributed by atoms with Gasteiger partial charge in [0.1, 0.15) is 5.78 Å². The van der Waals surface area contributed by atoms with E-state index in [4.69, 9.17) is 4.74 Å². The van der Waals surface area contributed by atoms with E-state index in [1.807, 2.05) is 0 Å². The first-order valence-electron chi connectivity index (χ1n) is 6.53. The molecule has 100 valence electrons. The normalized spacial score (nSPS) is 23.4. The summed E-state index contributed by atoms with van der Waals surface area (Å²) in [4.78, 5) is 16.3. The maximum Gasteiger partial charge on any atom is 0.141 e. The molecule has 17 heavy (non-hydrogen) atoms. The molecule has 1 heterocycles. The van der Waals surface area contributed by atoms with Crippen molar-refractivity contribution in [1.82, 2.24) is 9.80 Å². The highest BCUT2D eigenvalue weighted by molar-refractivity contribution is 5.82. The Morgan fingerprint density at radius 3 is 2.71 bits per heavy atom. The maximum absolute atomic E-state index is 11.8. The van der Waals surface area contributed by atoms with E-state index in [1.54, 1.807) is 0 Å². The van der Waals surface area contributed by atoms with Crippen LogP contribution < -0.4 is 0 Å². The maximum atomic E-state index is 11.8. The highest BCUT2D eigenvalue weighted by Crippen LogP contribution is 2.13. The van der Waals surface area contributed by atoms with Crippen molar-refractivity contribution in [3.8, 4) is 0 Å². The lowest BCUT2D eigenvalue weighted by atomic mass is 9.99. The van der Waals surface area contributed by atoms with Crippen LogP contribution in [0.4, 0.5) is 0 Å². The Labute approximate surface area is 105 Å². The largest absolute Gasteiger partial charge is 0.380 e. The summed E-state index contributed by atoms with van der Waals surface area (Å²) in [6.45, 7) is 8.43. The van der Waals surface area contributed by atoms with E-state index < -0.39 is 0 Å². The molecule has 0 amide bonds. The number of ether oxygens (including phenoxy) is 1. The molecule has 1 aliphatic rings. The van der Waals surface area contributed by atoms with Crippen molar-refractivity contribution in [3.05, 3.63) is 0 Å². The fourth-order valence-electron chi connectivity index (χ4n) is 2.40. The minimum absolute atomic E-state index is 0.0771. The molecule has 1 aliphatic heterocycles. The van der Waals surface area contributed by atoms with Gasteiger partial charge in [-0.25, -0.2) is 0 Å². The first kappa shape index (κ1) is 14.6. The zero-order valence-corrected chi connectivity index (χ0v) is 11.6. The second-order valence-electron chi connectivity index (χ2n) is 5.19. The van der Waals surface area contributed by atoms with Gasteiger partial charge in [0.25, 0.3) is 0 Å². The standard InChI is InChI=1S/C13H26N2O2/c1-5-15(11(2)8-14(3)4)9-12-10-17-7-6-13(12)16/h11-12H,5-10H2,1-4H3. The molecule has 0 spiro atoms. The molecule has 0 N–H and O–H groups in total. The number of nitrogens with zero attached hydrogens (tertiary/aromatic N) is 2. The predicted molar refractivity (Wildman–Crippen MR) is 69.2 cm³/mol. The van der Waals surface area contributed by atoms with Gasteiger partial charge in [-0.3, -0.25) is 9.69 Å². The summed E-state index contributed by atoms with van der Waals surface area (Å²) >= 11 is 0. The van der Waals surface area contributed by atoms with Crippen molar-refractivity contribution in [2.75, 3.05) is 46.9 Å². The molecule has 4 nitrogen and oxygen atoms in total.